The van der Waals surface area contributed by atoms with E-state index in [9.17, 15) is 0 Å². The number of likely N-dealkylation sites (N-methyl/N-ethyl adjacent to an activating group) is 3. The van der Waals surface area contributed by atoms with Crippen molar-refractivity contribution in [1.29, 1.82) is 0 Å². The Kier molecular flexibility index (Phi) is 3.81. The number of aromatic nitrogens is 2. The molecule has 0 spiro atoms. The molecule has 2 unspecified atom stereocenters. The fourth-order valence-electron chi connectivity index (χ4n) is 2.63. The van der Waals surface area contributed by atoms with E-state index in [1.165, 1.54) is 5.69 Å². The summed E-state index contributed by atoms with van der Waals surface area (Å²) in [5, 5.41) is 7.71. The van der Waals surface area contributed by atoms with Crippen molar-refractivity contribution >= 4 is 0 Å². The lowest BCUT2D eigenvalue weighted by molar-refractivity contribution is 0.0876. The van der Waals surface area contributed by atoms with Crippen LogP contribution < -0.4 is 5.32 Å². The van der Waals surface area contributed by atoms with Crippen molar-refractivity contribution in [3.05, 3.63) is 18.0 Å². The Hall–Kier alpha value is -0.910. The van der Waals surface area contributed by atoms with E-state index in [1.807, 2.05) is 25.0 Å². The fourth-order valence-corrected chi connectivity index (χ4v) is 2.63. The van der Waals surface area contributed by atoms with Crippen molar-refractivity contribution in [1.82, 2.24) is 24.9 Å². The number of hydrogen-bond donors (Lipinski definition) is 1. The third kappa shape index (κ3) is 2.51. The molecule has 0 aliphatic carbocycles. The maximum atomic E-state index is 4.27. The van der Waals surface area contributed by atoms with Gasteiger partial charge in [0, 0.05) is 38.9 Å². The minimum Gasteiger partial charge on any atom is -0.310 e. The normalized spacial score (nSPS) is 25.1. The summed E-state index contributed by atoms with van der Waals surface area (Å²) in [6.45, 7) is 3.36. The smallest absolute Gasteiger partial charge is 0.0659 e. The van der Waals surface area contributed by atoms with Gasteiger partial charge >= 0.3 is 0 Å². The zero-order chi connectivity index (χ0) is 12.4. The zero-order valence-corrected chi connectivity index (χ0v) is 11.2. The molecule has 2 heterocycles. The van der Waals surface area contributed by atoms with Gasteiger partial charge in [0.1, 0.15) is 0 Å². The summed E-state index contributed by atoms with van der Waals surface area (Å²) in [7, 11) is 8.43. The molecule has 0 saturated carbocycles. The van der Waals surface area contributed by atoms with E-state index in [-0.39, 0.29) is 0 Å². The standard InChI is InChI=1S/C12H23N5/c1-13-12(10-5-6-14-17(10)4)11-9-15(2)7-8-16(11)3/h5-6,11-13H,7-9H2,1-4H3. The third-order valence-corrected chi connectivity index (χ3v) is 3.77. The van der Waals surface area contributed by atoms with Crippen LogP contribution in [0.2, 0.25) is 0 Å². The Balaban J connectivity index is 2.20. The van der Waals surface area contributed by atoms with Gasteiger partial charge in [0.15, 0.2) is 0 Å². The van der Waals surface area contributed by atoms with Crippen LogP contribution in [0.25, 0.3) is 0 Å². The number of nitrogens with one attached hydrogen (secondary N) is 1. The highest BCUT2D eigenvalue weighted by Crippen LogP contribution is 2.22. The second kappa shape index (κ2) is 5.16. The van der Waals surface area contributed by atoms with E-state index in [4.69, 9.17) is 0 Å². The van der Waals surface area contributed by atoms with Gasteiger partial charge in [0.05, 0.1) is 11.7 Å². The fraction of sp³-hybridized carbons (Fsp3) is 0.750. The van der Waals surface area contributed by atoms with Crippen LogP contribution in [0, 0.1) is 0 Å². The Morgan fingerprint density at radius 3 is 2.71 bits per heavy atom. The first-order valence-corrected chi connectivity index (χ1v) is 6.17. The van der Waals surface area contributed by atoms with Gasteiger partial charge in [-0.1, -0.05) is 0 Å². The van der Waals surface area contributed by atoms with Crippen LogP contribution in [0.1, 0.15) is 11.7 Å². The van der Waals surface area contributed by atoms with Crippen LogP contribution in [0.5, 0.6) is 0 Å². The third-order valence-electron chi connectivity index (χ3n) is 3.77. The summed E-state index contributed by atoms with van der Waals surface area (Å²) in [6.07, 6.45) is 1.87. The van der Waals surface area contributed by atoms with Crippen LogP contribution in [0.15, 0.2) is 12.3 Å². The molecule has 1 N–H and O–H groups in total. The van der Waals surface area contributed by atoms with Gasteiger partial charge in [-0.05, 0) is 27.2 Å². The van der Waals surface area contributed by atoms with Crippen molar-refractivity contribution in [2.24, 2.45) is 7.05 Å². The van der Waals surface area contributed by atoms with Gasteiger partial charge in [0.2, 0.25) is 0 Å². The highest BCUT2D eigenvalue weighted by Gasteiger charge is 2.31. The molecule has 2 rings (SSSR count). The summed E-state index contributed by atoms with van der Waals surface area (Å²) >= 11 is 0. The largest absolute Gasteiger partial charge is 0.310 e. The van der Waals surface area contributed by atoms with Gasteiger partial charge in [-0.2, -0.15) is 5.10 Å². The van der Waals surface area contributed by atoms with E-state index in [1.54, 1.807) is 0 Å². The second-order valence-electron chi connectivity index (χ2n) is 4.96. The zero-order valence-electron chi connectivity index (χ0n) is 11.2. The van der Waals surface area contributed by atoms with Crippen LogP contribution in [0.3, 0.4) is 0 Å². The van der Waals surface area contributed by atoms with Gasteiger partial charge in [-0.15, -0.1) is 0 Å². The molecular weight excluding hydrogens is 214 g/mol. The van der Waals surface area contributed by atoms with Crippen LogP contribution in [0.4, 0.5) is 0 Å². The number of aryl methyl sites for hydroxylation is 1. The van der Waals surface area contributed by atoms with Crippen molar-refractivity contribution in [3.8, 4) is 0 Å². The summed E-state index contributed by atoms with van der Waals surface area (Å²) in [4.78, 5) is 4.83. The molecule has 2 atom stereocenters. The maximum absolute atomic E-state index is 4.27. The quantitative estimate of drug-likeness (QED) is 0.798. The Morgan fingerprint density at radius 2 is 2.12 bits per heavy atom. The molecule has 96 valence electrons. The van der Waals surface area contributed by atoms with Crippen molar-refractivity contribution in [2.45, 2.75) is 12.1 Å². The van der Waals surface area contributed by atoms with Gasteiger partial charge in [-0.25, -0.2) is 0 Å². The van der Waals surface area contributed by atoms with Crippen LogP contribution >= 0.6 is 0 Å². The van der Waals surface area contributed by atoms with Crippen molar-refractivity contribution < 1.29 is 0 Å². The topological polar surface area (TPSA) is 36.3 Å². The molecule has 0 bridgehead atoms. The van der Waals surface area contributed by atoms with Crippen LogP contribution in [-0.4, -0.2) is 66.4 Å². The van der Waals surface area contributed by atoms with E-state index < -0.39 is 0 Å². The molecule has 1 fully saturated rings. The summed E-state index contributed by atoms with van der Waals surface area (Å²) < 4.78 is 1.96. The number of nitrogens with zero attached hydrogens (tertiary/aromatic N) is 4. The van der Waals surface area contributed by atoms with Gasteiger partial charge in [0.25, 0.3) is 0 Å². The molecule has 1 aromatic heterocycles. The van der Waals surface area contributed by atoms with Crippen molar-refractivity contribution in [2.75, 3.05) is 40.8 Å². The minimum atomic E-state index is 0.329. The molecule has 1 aromatic rings. The predicted octanol–water partition coefficient (Wildman–Crippen LogP) is -0.0736. The van der Waals surface area contributed by atoms with Crippen LogP contribution in [-0.2, 0) is 7.05 Å². The summed E-state index contributed by atoms with van der Waals surface area (Å²) in [5.41, 5.74) is 1.25. The average Bonchev–Trinajstić information content (AvgIpc) is 2.71. The first-order chi connectivity index (χ1) is 8.13. The molecule has 1 aliphatic heterocycles. The molecular formula is C12H23N5. The average molecular weight is 237 g/mol. The molecule has 5 nitrogen and oxygen atoms in total. The Labute approximate surface area is 103 Å². The number of hydrogen-bond acceptors (Lipinski definition) is 4. The summed E-state index contributed by atoms with van der Waals surface area (Å²) in [5.74, 6) is 0. The van der Waals surface area contributed by atoms with E-state index in [0.29, 0.717) is 12.1 Å². The first kappa shape index (κ1) is 12.5. The molecule has 0 amide bonds. The monoisotopic (exact) mass is 237 g/mol. The summed E-state index contributed by atoms with van der Waals surface area (Å²) in [6, 6.07) is 2.92. The highest BCUT2D eigenvalue weighted by molar-refractivity contribution is 5.11. The van der Waals surface area contributed by atoms with Crippen molar-refractivity contribution in [3.63, 3.8) is 0 Å². The lowest BCUT2D eigenvalue weighted by Gasteiger charge is -2.41. The maximum Gasteiger partial charge on any atom is 0.0659 e. The lowest BCUT2D eigenvalue weighted by atomic mass is 10.0. The van der Waals surface area contributed by atoms with E-state index >= 15 is 0 Å². The van der Waals surface area contributed by atoms with Gasteiger partial charge in [-0.3, -0.25) is 9.58 Å². The predicted molar refractivity (Wildman–Crippen MR) is 68.9 cm³/mol. The van der Waals surface area contributed by atoms with Gasteiger partial charge < -0.3 is 10.2 Å². The Bertz CT molecular complexity index is 362. The highest BCUT2D eigenvalue weighted by atomic mass is 15.3. The molecule has 1 saturated heterocycles. The SMILES string of the molecule is CNC(c1ccnn1C)C1CN(C)CCN1C. The first-order valence-electron chi connectivity index (χ1n) is 6.17. The number of piperazine rings is 1. The van der Waals surface area contributed by atoms with E-state index in [0.717, 1.165) is 19.6 Å². The molecule has 17 heavy (non-hydrogen) atoms. The molecule has 0 radical (unpaired) electrons. The minimum absolute atomic E-state index is 0.329. The number of rotatable bonds is 3. The molecule has 5 heteroatoms. The second-order valence-corrected chi connectivity index (χ2v) is 4.96. The van der Waals surface area contributed by atoms with E-state index in [2.05, 4.69) is 40.4 Å². The Morgan fingerprint density at radius 1 is 1.35 bits per heavy atom. The molecule has 0 aromatic carbocycles. The molecule has 1 aliphatic rings. The lowest BCUT2D eigenvalue weighted by Crippen LogP contribution is -2.54.